The number of rotatable bonds is 5. The van der Waals surface area contributed by atoms with Gasteiger partial charge in [-0.2, -0.15) is 0 Å². The van der Waals surface area contributed by atoms with E-state index in [9.17, 15) is 5.11 Å². The first-order valence-corrected chi connectivity index (χ1v) is 14.5. The van der Waals surface area contributed by atoms with E-state index in [1.54, 1.807) is 0 Å². The average molecular weight is 547 g/mol. The Labute approximate surface area is 244 Å². The van der Waals surface area contributed by atoms with Crippen molar-refractivity contribution in [3.63, 3.8) is 0 Å². The van der Waals surface area contributed by atoms with Crippen LogP contribution in [0.5, 0.6) is 5.75 Å². The number of aryl methyl sites for hydroxylation is 1. The van der Waals surface area contributed by atoms with Crippen LogP contribution in [0.25, 0.3) is 44.9 Å². The topological polar surface area (TPSA) is 63.8 Å². The van der Waals surface area contributed by atoms with Crippen molar-refractivity contribution in [1.82, 2.24) is 19.5 Å². The molecule has 41 heavy (non-hydrogen) atoms. The lowest BCUT2D eigenvalue weighted by Crippen LogP contribution is -2.17. The smallest absolute Gasteiger partial charge is 0.144 e. The van der Waals surface area contributed by atoms with E-state index in [0.717, 1.165) is 56.9 Å². The molecule has 3 heterocycles. The second-order valence-corrected chi connectivity index (χ2v) is 13.7. The number of aromatic nitrogens is 4. The van der Waals surface area contributed by atoms with Crippen molar-refractivity contribution in [2.45, 2.75) is 72.6 Å². The lowest BCUT2D eigenvalue weighted by molar-refractivity contribution is 0.446. The van der Waals surface area contributed by atoms with E-state index >= 15 is 0 Å². The minimum Gasteiger partial charge on any atom is -0.507 e. The summed E-state index contributed by atoms with van der Waals surface area (Å²) in [5, 5.41) is 11.6. The van der Waals surface area contributed by atoms with E-state index < -0.39 is 0 Å². The molecule has 0 unspecified atom stereocenters. The molecule has 0 saturated heterocycles. The third kappa shape index (κ3) is 5.63. The number of imidazole rings is 1. The zero-order valence-electron chi connectivity index (χ0n) is 25.9. The number of phenolic OH excluding ortho intramolecular Hbond substituents is 1. The lowest BCUT2D eigenvalue weighted by atomic mass is 9.79. The molecule has 0 fully saturated rings. The molecular formula is C36H42N4O. The molecule has 0 aliphatic carbocycles. The van der Waals surface area contributed by atoms with E-state index in [-0.39, 0.29) is 16.6 Å². The summed E-state index contributed by atoms with van der Waals surface area (Å²) in [5.41, 5.74) is 9.41. The minimum atomic E-state index is -0.226. The molecule has 5 nitrogen and oxygen atoms in total. The Morgan fingerprint density at radius 3 is 2.20 bits per heavy atom. The van der Waals surface area contributed by atoms with Crippen molar-refractivity contribution < 1.29 is 5.11 Å². The normalized spacial score (nSPS) is 12.4. The summed E-state index contributed by atoms with van der Waals surface area (Å²) in [5.74, 6) is 1.53. The fourth-order valence-electron chi connectivity index (χ4n) is 5.48. The van der Waals surface area contributed by atoms with Crippen molar-refractivity contribution >= 4 is 11.0 Å². The van der Waals surface area contributed by atoms with Gasteiger partial charge in [0.15, 0.2) is 0 Å². The predicted octanol–water partition coefficient (Wildman–Crippen LogP) is 8.86. The van der Waals surface area contributed by atoms with Crippen molar-refractivity contribution in [2.75, 3.05) is 0 Å². The highest BCUT2D eigenvalue weighted by Crippen LogP contribution is 2.43. The van der Waals surface area contributed by atoms with Crippen LogP contribution in [0, 0.1) is 5.92 Å². The molecule has 0 aliphatic rings. The summed E-state index contributed by atoms with van der Waals surface area (Å²) in [7, 11) is 2.02. The Morgan fingerprint density at radius 1 is 0.829 bits per heavy atom. The predicted molar refractivity (Wildman–Crippen MR) is 170 cm³/mol. The first-order valence-electron chi connectivity index (χ1n) is 14.5. The van der Waals surface area contributed by atoms with Gasteiger partial charge in [0.05, 0.1) is 22.5 Å². The molecular weight excluding hydrogens is 504 g/mol. The zero-order valence-corrected chi connectivity index (χ0v) is 25.9. The van der Waals surface area contributed by atoms with E-state index in [1.807, 2.05) is 43.7 Å². The summed E-state index contributed by atoms with van der Waals surface area (Å²) in [4.78, 5) is 14.7. The average Bonchev–Trinajstić information content (AvgIpc) is 3.23. The Morgan fingerprint density at radius 2 is 1.56 bits per heavy atom. The van der Waals surface area contributed by atoms with Gasteiger partial charge in [-0.25, -0.2) is 4.98 Å². The van der Waals surface area contributed by atoms with Gasteiger partial charge in [0, 0.05) is 36.1 Å². The van der Waals surface area contributed by atoms with E-state index in [1.165, 1.54) is 11.1 Å². The summed E-state index contributed by atoms with van der Waals surface area (Å²) in [6.07, 6.45) is 4.64. The Bertz CT molecular complexity index is 1720. The lowest BCUT2D eigenvalue weighted by Gasteiger charge is -2.27. The van der Waals surface area contributed by atoms with Crippen molar-refractivity contribution in [1.29, 1.82) is 0 Å². The standard InChI is InChI=1S/C36H42N4O/c1-22(2)16-23-17-24(29-12-10-11-14-37-29)19-25(18-23)31-32-30(13-15-38-31)40(9)34(39-32)27-20-26(35(3,4)5)21-28(33(27)41)36(6,7)8/h10-15,17-22,41H,16H2,1-9H3. The van der Waals surface area contributed by atoms with E-state index in [2.05, 4.69) is 95.3 Å². The van der Waals surface area contributed by atoms with Crippen LogP contribution in [0.3, 0.4) is 0 Å². The van der Waals surface area contributed by atoms with Gasteiger partial charge in [-0.1, -0.05) is 67.5 Å². The Hall–Kier alpha value is -3.99. The molecule has 0 saturated carbocycles. The van der Waals surface area contributed by atoms with Gasteiger partial charge >= 0.3 is 0 Å². The van der Waals surface area contributed by atoms with Crippen molar-refractivity contribution in [3.05, 3.63) is 83.7 Å². The maximum atomic E-state index is 11.6. The quantitative estimate of drug-likeness (QED) is 0.239. The molecule has 2 aromatic carbocycles. The minimum absolute atomic E-state index is 0.0848. The number of fused-ring (bicyclic) bond motifs is 1. The Kier molecular flexibility index (Phi) is 7.27. The van der Waals surface area contributed by atoms with Crippen LogP contribution >= 0.6 is 0 Å². The highest BCUT2D eigenvalue weighted by molar-refractivity contribution is 5.93. The first-order chi connectivity index (χ1) is 19.2. The zero-order chi connectivity index (χ0) is 29.7. The molecule has 0 spiro atoms. The monoisotopic (exact) mass is 546 g/mol. The molecule has 0 atom stereocenters. The van der Waals surface area contributed by atoms with E-state index in [0.29, 0.717) is 5.92 Å². The van der Waals surface area contributed by atoms with Crippen LogP contribution in [0.2, 0.25) is 0 Å². The number of nitrogens with zero attached hydrogens (tertiary/aromatic N) is 4. The number of hydrogen-bond donors (Lipinski definition) is 1. The number of phenols is 1. The SMILES string of the molecule is CC(C)Cc1cc(-c2ccccn2)cc(-c2nccc3c2nc(-c2cc(C(C)(C)C)cc(C(C)(C)C)c2O)n3C)c1. The highest BCUT2D eigenvalue weighted by Gasteiger charge is 2.27. The summed E-state index contributed by atoms with van der Waals surface area (Å²) in [6, 6.07) is 18.9. The number of benzene rings is 2. The van der Waals surface area contributed by atoms with Crippen molar-refractivity contribution in [2.24, 2.45) is 13.0 Å². The third-order valence-corrected chi connectivity index (χ3v) is 7.70. The van der Waals surface area contributed by atoms with Gasteiger partial charge in [-0.05, 0) is 76.8 Å². The summed E-state index contributed by atoms with van der Waals surface area (Å²) in [6.45, 7) is 17.5. The van der Waals surface area contributed by atoms with Crippen LogP contribution in [0.15, 0.2) is 67.0 Å². The van der Waals surface area contributed by atoms with Gasteiger partial charge in [0.1, 0.15) is 17.1 Å². The fraction of sp³-hybridized carbons (Fsp3) is 0.361. The van der Waals surface area contributed by atoms with Crippen LogP contribution in [-0.2, 0) is 24.3 Å². The molecule has 5 heteroatoms. The molecule has 0 radical (unpaired) electrons. The second kappa shape index (κ2) is 10.4. The van der Waals surface area contributed by atoms with Gasteiger partial charge in [-0.3, -0.25) is 9.97 Å². The van der Waals surface area contributed by atoms with Gasteiger partial charge in [0.2, 0.25) is 0 Å². The molecule has 0 aliphatic heterocycles. The highest BCUT2D eigenvalue weighted by atomic mass is 16.3. The Balaban J connectivity index is 1.75. The van der Waals surface area contributed by atoms with Crippen LogP contribution in [0.4, 0.5) is 0 Å². The molecule has 1 N–H and O–H groups in total. The first kappa shape index (κ1) is 28.5. The molecule has 5 rings (SSSR count). The fourth-order valence-corrected chi connectivity index (χ4v) is 5.48. The van der Waals surface area contributed by atoms with Crippen molar-refractivity contribution in [3.8, 4) is 39.7 Å². The largest absolute Gasteiger partial charge is 0.507 e. The second-order valence-electron chi connectivity index (χ2n) is 13.7. The summed E-state index contributed by atoms with van der Waals surface area (Å²) >= 11 is 0. The molecule has 0 amide bonds. The van der Waals surface area contributed by atoms with E-state index in [4.69, 9.17) is 9.97 Å². The summed E-state index contributed by atoms with van der Waals surface area (Å²) < 4.78 is 2.08. The molecule has 5 aromatic rings. The number of pyridine rings is 2. The van der Waals surface area contributed by atoms with Crippen LogP contribution < -0.4 is 0 Å². The van der Waals surface area contributed by atoms with Gasteiger partial charge in [-0.15, -0.1) is 0 Å². The maximum absolute atomic E-state index is 11.6. The number of hydrogen-bond acceptors (Lipinski definition) is 4. The molecule has 212 valence electrons. The number of aromatic hydroxyl groups is 1. The van der Waals surface area contributed by atoms with Crippen LogP contribution in [0.1, 0.15) is 72.1 Å². The van der Waals surface area contributed by atoms with Gasteiger partial charge in [0.25, 0.3) is 0 Å². The molecule has 0 bridgehead atoms. The van der Waals surface area contributed by atoms with Crippen LogP contribution in [-0.4, -0.2) is 24.6 Å². The molecule has 3 aromatic heterocycles. The third-order valence-electron chi connectivity index (χ3n) is 7.70. The maximum Gasteiger partial charge on any atom is 0.144 e. The van der Waals surface area contributed by atoms with Gasteiger partial charge < -0.3 is 9.67 Å².